The molecule has 0 aromatic heterocycles. The maximum absolute atomic E-state index is 9.31. The van der Waals surface area contributed by atoms with Crippen LogP contribution in [-0.2, 0) is 0 Å². The minimum atomic E-state index is -0.750. The molecule has 1 N–H and O–H groups in total. The standard InChI is InChI=1S/C14H13NO/c15-10-14(11-16)8-4-7-13(9-14)12-5-2-1-3-6-12/h1-8,16H,9,11H2. The third-order valence-corrected chi connectivity index (χ3v) is 2.87. The van der Waals surface area contributed by atoms with Gasteiger partial charge in [-0.2, -0.15) is 5.26 Å². The Kier molecular flexibility index (Phi) is 2.89. The largest absolute Gasteiger partial charge is 0.394 e. The summed E-state index contributed by atoms with van der Waals surface area (Å²) in [6.45, 7) is -0.135. The van der Waals surface area contributed by atoms with Crippen molar-refractivity contribution in [2.24, 2.45) is 5.41 Å². The Bertz CT molecular complexity index is 467. The summed E-state index contributed by atoms with van der Waals surface area (Å²) in [4.78, 5) is 0. The van der Waals surface area contributed by atoms with Gasteiger partial charge in [-0.15, -0.1) is 0 Å². The average molecular weight is 211 g/mol. The molecule has 2 rings (SSSR count). The number of aliphatic hydroxyl groups is 1. The first-order valence-corrected chi connectivity index (χ1v) is 5.26. The minimum Gasteiger partial charge on any atom is -0.394 e. The molecule has 0 saturated heterocycles. The summed E-state index contributed by atoms with van der Waals surface area (Å²) in [6, 6.07) is 12.1. The molecule has 0 heterocycles. The van der Waals surface area contributed by atoms with Gasteiger partial charge in [-0.25, -0.2) is 0 Å². The third-order valence-electron chi connectivity index (χ3n) is 2.87. The lowest BCUT2D eigenvalue weighted by Gasteiger charge is -2.24. The lowest BCUT2D eigenvalue weighted by atomic mass is 9.78. The summed E-state index contributed by atoms with van der Waals surface area (Å²) in [6.07, 6.45) is 6.20. The predicted molar refractivity (Wildman–Crippen MR) is 63.3 cm³/mol. The molecular weight excluding hydrogens is 198 g/mol. The van der Waals surface area contributed by atoms with Crippen LogP contribution in [0.2, 0.25) is 0 Å². The van der Waals surface area contributed by atoms with Crippen molar-refractivity contribution in [3.05, 3.63) is 54.1 Å². The van der Waals surface area contributed by atoms with Crippen molar-refractivity contribution in [2.75, 3.05) is 6.61 Å². The highest BCUT2D eigenvalue weighted by Gasteiger charge is 2.29. The first kappa shape index (κ1) is 10.7. The van der Waals surface area contributed by atoms with Gasteiger partial charge in [0.15, 0.2) is 0 Å². The zero-order chi connectivity index (χ0) is 11.4. The maximum atomic E-state index is 9.31. The zero-order valence-corrected chi connectivity index (χ0v) is 8.93. The second-order valence-electron chi connectivity index (χ2n) is 4.02. The van der Waals surface area contributed by atoms with E-state index in [0.717, 1.165) is 11.1 Å². The Morgan fingerprint density at radius 2 is 2.06 bits per heavy atom. The van der Waals surface area contributed by atoms with Crippen LogP contribution in [0.4, 0.5) is 0 Å². The Morgan fingerprint density at radius 3 is 2.69 bits per heavy atom. The van der Waals surface area contributed by atoms with E-state index in [1.807, 2.05) is 42.5 Å². The summed E-state index contributed by atoms with van der Waals surface area (Å²) in [5.41, 5.74) is 1.46. The molecule has 1 aromatic carbocycles. The highest BCUT2D eigenvalue weighted by molar-refractivity contribution is 5.69. The van der Waals surface area contributed by atoms with E-state index < -0.39 is 5.41 Å². The number of benzene rings is 1. The van der Waals surface area contributed by atoms with Crippen molar-refractivity contribution >= 4 is 5.57 Å². The van der Waals surface area contributed by atoms with Gasteiger partial charge in [0, 0.05) is 0 Å². The lowest BCUT2D eigenvalue weighted by molar-refractivity contribution is 0.214. The summed E-state index contributed by atoms with van der Waals surface area (Å²) in [5, 5.41) is 18.4. The smallest absolute Gasteiger partial charge is 0.103 e. The van der Waals surface area contributed by atoms with E-state index in [-0.39, 0.29) is 6.61 Å². The first-order valence-electron chi connectivity index (χ1n) is 5.26. The molecule has 80 valence electrons. The molecular formula is C14H13NO. The molecule has 0 fully saturated rings. The first-order chi connectivity index (χ1) is 7.79. The van der Waals surface area contributed by atoms with Crippen molar-refractivity contribution in [2.45, 2.75) is 6.42 Å². The van der Waals surface area contributed by atoms with Crippen LogP contribution in [0.3, 0.4) is 0 Å². The number of aliphatic hydroxyl groups excluding tert-OH is 1. The van der Waals surface area contributed by atoms with E-state index in [1.54, 1.807) is 6.08 Å². The van der Waals surface area contributed by atoms with Crippen molar-refractivity contribution in [3.8, 4) is 6.07 Å². The molecule has 0 amide bonds. The Balaban J connectivity index is 2.31. The van der Waals surface area contributed by atoms with E-state index >= 15 is 0 Å². The van der Waals surface area contributed by atoms with Crippen LogP contribution in [0.1, 0.15) is 12.0 Å². The second-order valence-corrected chi connectivity index (χ2v) is 4.02. The van der Waals surface area contributed by atoms with E-state index in [4.69, 9.17) is 5.26 Å². The molecule has 1 aliphatic rings. The van der Waals surface area contributed by atoms with Gasteiger partial charge in [0.05, 0.1) is 12.7 Å². The molecule has 2 nitrogen and oxygen atoms in total. The summed E-state index contributed by atoms with van der Waals surface area (Å²) >= 11 is 0. The van der Waals surface area contributed by atoms with Crippen LogP contribution in [0.25, 0.3) is 5.57 Å². The molecule has 0 saturated carbocycles. The summed E-state index contributed by atoms with van der Waals surface area (Å²) < 4.78 is 0. The molecule has 1 unspecified atom stereocenters. The number of nitriles is 1. The van der Waals surface area contributed by atoms with Crippen LogP contribution in [0.15, 0.2) is 48.6 Å². The molecule has 1 atom stereocenters. The normalized spacial score (nSPS) is 23.6. The highest BCUT2D eigenvalue weighted by atomic mass is 16.3. The van der Waals surface area contributed by atoms with Gasteiger partial charge in [-0.3, -0.25) is 0 Å². The fourth-order valence-corrected chi connectivity index (χ4v) is 1.88. The Morgan fingerprint density at radius 1 is 1.31 bits per heavy atom. The summed E-state index contributed by atoms with van der Waals surface area (Å²) in [7, 11) is 0. The van der Waals surface area contributed by atoms with Gasteiger partial charge < -0.3 is 5.11 Å². The van der Waals surface area contributed by atoms with Crippen molar-refractivity contribution in [1.82, 2.24) is 0 Å². The third kappa shape index (κ3) is 1.91. The number of nitrogens with zero attached hydrogens (tertiary/aromatic N) is 1. The molecule has 1 aromatic rings. The molecule has 1 aliphatic carbocycles. The van der Waals surface area contributed by atoms with Crippen molar-refractivity contribution < 1.29 is 5.11 Å². The van der Waals surface area contributed by atoms with Crippen LogP contribution in [0.5, 0.6) is 0 Å². The SMILES string of the molecule is N#CC1(CO)C=CC=C(c2ccccc2)C1. The molecule has 0 aliphatic heterocycles. The second kappa shape index (κ2) is 4.34. The van der Waals surface area contributed by atoms with Gasteiger partial charge in [0.2, 0.25) is 0 Å². The fourth-order valence-electron chi connectivity index (χ4n) is 1.88. The summed E-state index contributed by atoms with van der Waals surface area (Å²) in [5.74, 6) is 0. The quantitative estimate of drug-likeness (QED) is 0.816. The van der Waals surface area contributed by atoms with Gasteiger partial charge in [-0.1, -0.05) is 48.6 Å². The maximum Gasteiger partial charge on any atom is 0.103 e. The van der Waals surface area contributed by atoms with E-state index in [2.05, 4.69) is 6.07 Å². The Hall–Kier alpha value is -1.85. The van der Waals surface area contributed by atoms with E-state index in [0.29, 0.717) is 6.42 Å². The number of hydrogen-bond donors (Lipinski definition) is 1. The molecule has 0 radical (unpaired) electrons. The van der Waals surface area contributed by atoms with Crippen molar-refractivity contribution in [3.63, 3.8) is 0 Å². The van der Waals surface area contributed by atoms with Gasteiger partial charge in [0.25, 0.3) is 0 Å². The number of allylic oxidation sites excluding steroid dienone is 3. The van der Waals surface area contributed by atoms with Gasteiger partial charge in [-0.05, 0) is 17.6 Å². The zero-order valence-electron chi connectivity index (χ0n) is 8.93. The molecule has 16 heavy (non-hydrogen) atoms. The van der Waals surface area contributed by atoms with Gasteiger partial charge in [0.1, 0.15) is 5.41 Å². The lowest BCUT2D eigenvalue weighted by Crippen LogP contribution is -2.22. The monoisotopic (exact) mass is 211 g/mol. The van der Waals surface area contributed by atoms with Crippen molar-refractivity contribution in [1.29, 1.82) is 5.26 Å². The average Bonchev–Trinajstić information content (AvgIpc) is 2.40. The highest BCUT2D eigenvalue weighted by Crippen LogP contribution is 2.35. The Labute approximate surface area is 95.2 Å². The predicted octanol–water partition coefficient (Wildman–Crippen LogP) is 2.53. The van der Waals surface area contributed by atoms with E-state index in [9.17, 15) is 5.11 Å². The van der Waals surface area contributed by atoms with Gasteiger partial charge >= 0.3 is 0 Å². The topological polar surface area (TPSA) is 44.0 Å². The fraction of sp³-hybridized carbons (Fsp3) is 0.214. The van der Waals surface area contributed by atoms with Crippen LogP contribution in [-0.4, -0.2) is 11.7 Å². The van der Waals surface area contributed by atoms with Crippen LogP contribution >= 0.6 is 0 Å². The van der Waals surface area contributed by atoms with Crippen LogP contribution in [0, 0.1) is 16.7 Å². The van der Waals surface area contributed by atoms with E-state index in [1.165, 1.54) is 0 Å². The molecule has 0 bridgehead atoms. The molecule has 0 spiro atoms. The molecule has 2 heteroatoms. The minimum absolute atomic E-state index is 0.135. The number of rotatable bonds is 2. The number of hydrogen-bond acceptors (Lipinski definition) is 2. The van der Waals surface area contributed by atoms with Crippen LogP contribution < -0.4 is 0 Å².